The van der Waals surface area contributed by atoms with E-state index in [9.17, 15) is 0 Å². The molecule has 0 amide bonds. The van der Waals surface area contributed by atoms with Gasteiger partial charge in [-0.05, 0) is 41.9 Å². The minimum absolute atomic E-state index is 0.647. The van der Waals surface area contributed by atoms with Crippen molar-refractivity contribution in [1.82, 2.24) is 5.48 Å². The maximum atomic E-state index is 5.53. The number of rotatable bonds is 5. The molecule has 19 heavy (non-hydrogen) atoms. The lowest BCUT2D eigenvalue weighted by molar-refractivity contribution is 0.0867. The minimum Gasteiger partial charge on any atom is -0.496 e. The van der Waals surface area contributed by atoms with E-state index in [1.54, 1.807) is 14.2 Å². The lowest BCUT2D eigenvalue weighted by Gasteiger charge is -2.28. The highest BCUT2D eigenvalue weighted by Gasteiger charge is 2.22. The van der Waals surface area contributed by atoms with Crippen molar-refractivity contribution in [2.45, 2.75) is 45.1 Å². The van der Waals surface area contributed by atoms with Crippen molar-refractivity contribution in [2.75, 3.05) is 14.2 Å². The largest absolute Gasteiger partial charge is 0.496 e. The second kappa shape index (κ2) is 6.92. The van der Waals surface area contributed by atoms with E-state index in [2.05, 4.69) is 30.6 Å². The molecular weight excluding hydrogens is 238 g/mol. The zero-order valence-corrected chi connectivity index (χ0v) is 12.2. The Morgan fingerprint density at radius 2 is 1.89 bits per heavy atom. The van der Waals surface area contributed by atoms with E-state index < -0.39 is 0 Å². The van der Waals surface area contributed by atoms with Crippen molar-refractivity contribution in [3.63, 3.8) is 0 Å². The van der Waals surface area contributed by atoms with Gasteiger partial charge in [-0.2, -0.15) is 5.48 Å². The zero-order chi connectivity index (χ0) is 13.7. The maximum Gasteiger partial charge on any atom is 0.122 e. The zero-order valence-electron chi connectivity index (χ0n) is 12.2. The van der Waals surface area contributed by atoms with Crippen LogP contribution in [0.1, 0.15) is 49.7 Å². The third-order valence-corrected chi connectivity index (χ3v) is 4.17. The summed E-state index contributed by atoms with van der Waals surface area (Å²) in [6, 6.07) is 6.45. The molecule has 1 fully saturated rings. The van der Waals surface area contributed by atoms with Crippen molar-refractivity contribution in [1.29, 1.82) is 0 Å². The molecule has 0 saturated heterocycles. The summed E-state index contributed by atoms with van der Waals surface area (Å²) in [4.78, 5) is 4.92. The van der Waals surface area contributed by atoms with Gasteiger partial charge in [0, 0.05) is 6.54 Å². The Labute approximate surface area is 116 Å². The van der Waals surface area contributed by atoms with E-state index in [0.29, 0.717) is 5.92 Å². The maximum absolute atomic E-state index is 5.53. The van der Waals surface area contributed by atoms with Gasteiger partial charge in [-0.3, -0.25) is 0 Å². The second-order valence-corrected chi connectivity index (χ2v) is 5.56. The van der Waals surface area contributed by atoms with Crippen LogP contribution in [0.4, 0.5) is 0 Å². The third kappa shape index (κ3) is 3.71. The number of benzene rings is 1. The van der Waals surface area contributed by atoms with Crippen LogP contribution in [0.15, 0.2) is 18.2 Å². The highest BCUT2D eigenvalue weighted by atomic mass is 16.6. The quantitative estimate of drug-likeness (QED) is 0.823. The summed E-state index contributed by atoms with van der Waals surface area (Å²) in [5, 5.41) is 0. The summed E-state index contributed by atoms with van der Waals surface area (Å²) < 4.78 is 5.53. The molecule has 1 aromatic carbocycles. The highest BCUT2D eigenvalue weighted by molar-refractivity contribution is 5.40. The summed E-state index contributed by atoms with van der Waals surface area (Å²) >= 11 is 0. The Kier molecular flexibility index (Phi) is 5.23. The number of ether oxygens (including phenoxy) is 1. The molecule has 1 aliphatic carbocycles. The van der Waals surface area contributed by atoms with Gasteiger partial charge in [-0.25, -0.2) is 0 Å². The van der Waals surface area contributed by atoms with Crippen molar-refractivity contribution >= 4 is 0 Å². The Hall–Kier alpha value is -1.06. The molecule has 1 saturated carbocycles. The van der Waals surface area contributed by atoms with Crippen LogP contribution in [-0.4, -0.2) is 14.2 Å². The van der Waals surface area contributed by atoms with E-state index in [0.717, 1.165) is 18.2 Å². The Morgan fingerprint density at radius 1 is 1.16 bits per heavy atom. The smallest absolute Gasteiger partial charge is 0.122 e. The molecule has 1 aromatic rings. The lowest BCUT2D eigenvalue weighted by Crippen LogP contribution is -2.14. The van der Waals surface area contributed by atoms with E-state index in [1.807, 2.05) is 0 Å². The average Bonchev–Trinajstić information content (AvgIpc) is 2.45. The van der Waals surface area contributed by atoms with Crippen LogP contribution < -0.4 is 10.2 Å². The van der Waals surface area contributed by atoms with Crippen molar-refractivity contribution < 1.29 is 9.57 Å². The van der Waals surface area contributed by atoms with Gasteiger partial charge in [-0.15, -0.1) is 0 Å². The van der Waals surface area contributed by atoms with E-state index in [-0.39, 0.29) is 0 Å². The Bertz CT molecular complexity index is 398. The average molecular weight is 263 g/mol. The van der Waals surface area contributed by atoms with Gasteiger partial charge in [0.05, 0.1) is 14.2 Å². The van der Waals surface area contributed by atoms with Crippen LogP contribution >= 0.6 is 0 Å². The molecule has 0 aromatic heterocycles. The number of hydrogen-bond acceptors (Lipinski definition) is 3. The van der Waals surface area contributed by atoms with E-state index in [4.69, 9.17) is 9.57 Å². The molecule has 0 unspecified atom stereocenters. The summed E-state index contributed by atoms with van der Waals surface area (Å²) in [6.07, 6.45) is 5.21. The summed E-state index contributed by atoms with van der Waals surface area (Å²) in [5.41, 5.74) is 5.51. The second-order valence-electron chi connectivity index (χ2n) is 5.56. The predicted molar refractivity (Wildman–Crippen MR) is 77.2 cm³/mol. The number of hydroxylamine groups is 1. The fraction of sp³-hybridized carbons (Fsp3) is 0.625. The molecule has 2 rings (SSSR count). The highest BCUT2D eigenvalue weighted by Crippen LogP contribution is 2.39. The van der Waals surface area contributed by atoms with Crippen LogP contribution in [0.5, 0.6) is 5.75 Å². The van der Waals surface area contributed by atoms with Crippen LogP contribution in [0, 0.1) is 5.92 Å². The molecular formula is C16H25NO2. The number of nitrogens with one attached hydrogen (secondary N) is 1. The third-order valence-electron chi connectivity index (χ3n) is 4.17. The monoisotopic (exact) mass is 263 g/mol. The first-order chi connectivity index (χ1) is 9.24. The standard InChI is InChI=1S/C16H25NO2/c1-12-4-7-14(8-5-12)15-10-13(11-17-19-3)6-9-16(15)18-2/h6,9-10,12,14,17H,4-5,7-8,11H2,1-3H3. The molecule has 0 bridgehead atoms. The van der Waals surface area contributed by atoms with Crippen LogP contribution in [0.25, 0.3) is 0 Å². The Morgan fingerprint density at radius 3 is 2.53 bits per heavy atom. The van der Waals surface area contributed by atoms with Gasteiger partial charge >= 0.3 is 0 Å². The first-order valence-electron chi connectivity index (χ1n) is 7.17. The topological polar surface area (TPSA) is 30.5 Å². The Balaban J connectivity index is 2.15. The summed E-state index contributed by atoms with van der Waals surface area (Å²) in [5.74, 6) is 2.55. The molecule has 106 valence electrons. The summed E-state index contributed by atoms with van der Waals surface area (Å²) in [7, 11) is 3.41. The van der Waals surface area contributed by atoms with Gasteiger partial charge in [0.25, 0.3) is 0 Å². The van der Waals surface area contributed by atoms with Crippen molar-refractivity contribution in [3.8, 4) is 5.75 Å². The molecule has 0 atom stereocenters. The summed E-state index contributed by atoms with van der Waals surface area (Å²) in [6.45, 7) is 3.09. The number of hydrogen-bond donors (Lipinski definition) is 1. The molecule has 0 heterocycles. The van der Waals surface area contributed by atoms with E-state index in [1.165, 1.54) is 36.8 Å². The van der Waals surface area contributed by atoms with Gasteiger partial charge in [0.15, 0.2) is 0 Å². The normalized spacial score (nSPS) is 23.3. The molecule has 0 radical (unpaired) electrons. The number of methoxy groups -OCH3 is 1. The molecule has 1 aliphatic rings. The predicted octanol–water partition coefficient (Wildman–Crippen LogP) is 3.64. The van der Waals surface area contributed by atoms with Crippen LogP contribution in [0.2, 0.25) is 0 Å². The van der Waals surface area contributed by atoms with Crippen LogP contribution in [-0.2, 0) is 11.4 Å². The fourth-order valence-electron chi connectivity index (χ4n) is 2.94. The van der Waals surface area contributed by atoms with Crippen LogP contribution in [0.3, 0.4) is 0 Å². The van der Waals surface area contributed by atoms with Gasteiger partial charge in [0.2, 0.25) is 0 Å². The fourth-order valence-corrected chi connectivity index (χ4v) is 2.94. The van der Waals surface area contributed by atoms with Gasteiger partial charge in [0.1, 0.15) is 5.75 Å². The molecule has 0 aliphatic heterocycles. The first kappa shape index (κ1) is 14.4. The molecule has 3 nitrogen and oxygen atoms in total. The van der Waals surface area contributed by atoms with Crippen molar-refractivity contribution in [2.24, 2.45) is 5.92 Å². The van der Waals surface area contributed by atoms with Gasteiger partial charge in [-0.1, -0.05) is 31.9 Å². The molecule has 1 N–H and O–H groups in total. The van der Waals surface area contributed by atoms with Gasteiger partial charge < -0.3 is 9.57 Å². The van der Waals surface area contributed by atoms with E-state index >= 15 is 0 Å². The lowest BCUT2D eigenvalue weighted by atomic mass is 9.79. The molecule has 0 spiro atoms. The molecule has 3 heteroatoms. The minimum atomic E-state index is 0.647. The van der Waals surface area contributed by atoms with Crippen molar-refractivity contribution in [3.05, 3.63) is 29.3 Å². The first-order valence-corrected chi connectivity index (χ1v) is 7.17. The SMILES string of the molecule is CONCc1ccc(OC)c(C2CCC(C)CC2)c1.